The van der Waals surface area contributed by atoms with E-state index in [9.17, 15) is 9.90 Å². The van der Waals surface area contributed by atoms with Crippen molar-refractivity contribution >= 4 is 34.0 Å². The average Bonchev–Trinajstić information content (AvgIpc) is 3.85. The lowest BCUT2D eigenvalue weighted by molar-refractivity contribution is -0.129. The van der Waals surface area contributed by atoms with Crippen LogP contribution in [0, 0.1) is 18.2 Å². The van der Waals surface area contributed by atoms with Crippen LogP contribution in [-0.2, 0) is 22.4 Å². The number of carbonyl (C=O) groups is 1. The number of carbonyl (C=O) groups excluding carboxylic acids is 1. The molecule has 2 N–H and O–H groups in total. The molecule has 3 fully saturated rings. The first-order valence-corrected chi connectivity index (χ1v) is 20.7. The molecule has 2 aromatic heterocycles. The standard InChI is InChI=1S/C46H53F2N7O4/c1-6-35-38(48)14-11-31-20-34(56)22-37(42(31)35)30-10-13-36-39(21-30)51-44(52-43(36)50-27-46(16-8-9-17-46)53(5)41(57)7-2)59-28-45(4)23-32(47)25-55(45)33-12-15-40(49-24-33)54-18-19-58-26-29(54)3/h1,7,11-12,14-15,20,22,24,29-30,32,56H,2,8-10,13,16-19,21,23,25-28H2,3-5H3,(H,50,51,52)/t29-,30+,32-,45+/m1/s1. The molecule has 4 aromatic rings. The number of nitrogens with one attached hydrogen (secondary N) is 1. The maximum absolute atomic E-state index is 15.4. The van der Waals surface area contributed by atoms with E-state index >= 15 is 8.78 Å². The van der Waals surface area contributed by atoms with Crippen LogP contribution in [0.2, 0.25) is 0 Å². The lowest BCUT2D eigenvalue weighted by Crippen LogP contribution is -2.51. The highest BCUT2D eigenvalue weighted by Crippen LogP contribution is 2.43. The number of amides is 1. The van der Waals surface area contributed by atoms with Gasteiger partial charge in [0, 0.05) is 37.5 Å². The van der Waals surface area contributed by atoms with Gasteiger partial charge in [-0.1, -0.05) is 31.4 Å². The van der Waals surface area contributed by atoms with Crippen molar-refractivity contribution < 1.29 is 28.2 Å². The summed E-state index contributed by atoms with van der Waals surface area (Å²) in [6, 6.07) is 10.6. The number of phenolic OH excluding ortho intramolecular Hbond substituents is 1. The van der Waals surface area contributed by atoms with Gasteiger partial charge in [0.25, 0.3) is 0 Å². The zero-order chi connectivity index (χ0) is 41.5. The number of benzene rings is 2. The van der Waals surface area contributed by atoms with Crippen molar-refractivity contribution in [3.05, 3.63) is 83.5 Å². The summed E-state index contributed by atoms with van der Waals surface area (Å²) in [6.45, 7) is 10.7. The largest absolute Gasteiger partial charge is 0.508 e. The van der Waals surface area contributed by atoms with Gasteiger partial charge in [-0.3, -0.25) is 4.79 Å². The third-order valence-corrected chi connectivity index (χ3v) is 13.2. The first-order valence-electron chi connectivity index (χ1n) is 20.7. The van der Waals surface area contributed by atoms with E-state index in [0.29, 0.717) is 55.6 Å². The minimum Gasteiger partial charge on any atom is -0.508 e. The van der Waals surface area contributed by atoms with Crippen LogP contribution in [0.4, 0.5) is 26.1 Å². The number of hydrogen-bond acceptors (Lipinski definition) is 10. The van der Waals surface area contributed by atoms with E-state index < -0.39 is 23.1 Å². The number of morpholine rings is 1. The van der Waals surface area contributed by atoms with Crippen LogP contribution in [0.3, 0.4) is 0 Å². The highest BCUT2D eigenvalue weighted by molar-refractivity contribution is 5.93. The molecule has 2 aliphatic heterocycles. The number of fused-ring (bicyclic) bond motifs is 2. The SMILES string of the molecule is C#Cc1c(F)ccc2cc(O)cc([C@H]3CCc4c(nc(OC[C@]5(C)C[C@@H](F)CN5c5ccc(N6CCOC[C@H]6C)nc5)nc4NCC4(N(C)C(=O)C=C)CCCC4)C3)c12. The molecular formula is C46H53F2N7O4. The molecule has 13 heteroatoms. The number of phenols is 1. The molecule has 0 radical (unpaired) electrons. The number of aromatic hydroxyl groups is 1. The average molecular weight is 806 g/mol. The van der Waals surface area contributed by atoms with Crippen LogP contribution >= 0.6 is 0 Å². The van der Waals surface area contributed by atoms with E-state index in [4.69, 9.17) is 30.8 Å². The molecule has 0 spiro atoms. The summed E-state index contributed by atoms with van der Waals surface area (Å²) in [5, 5.41) is 15.7. The summed E-state index contributed by atoms with van der Waals surface area (Å²) in [4.78, 5) is 33.7. The van der Waals surface area contributed by atoms with Crippen LogP contribution < -0.4 is 19.9 Å². The molecule has 2 saturated heterocycles. The molecule has 310 valence electrons. The van der Waals surface area contributed by atoms with E-state index in [1.165, 1.54) is 12.1 Å². The van der Waals surface area contributed by atoms with Crippen molar-refractivity contribution in [1.29, 1.82) is 0 Å². The number of aromatic nitrogens is 3. The molecule has 2 aromatic carbocycles. The molecule has 59 heavy (non-hydrogen) atoms. The lowest BCUT2D eigenvalue weighted by Gasteiger charge is -2.39. The Hall–Kier alpha value is -5.48. The number of terminal acetylenes is 1. The molecule has 0 unspecified atom stereocenters. The van der Waals surface area contributed by atoms with E-state index in [1.807, 2.05) is 31.0 Å². The van der Waals surface area contributed by atoms with Gasteiger partial charge in [0.1, 0.15) is 36.0 Å². The van der Waals surface area contributed by atoms with Crippen LogP contribution in [0.25, 0.3) is 10.8 Å². The predicted octanol–water partition coefficient (Wildman–Crippen LogP) is 7.10. The van der Waals surface area contributed by atoms with Gasteiger partial charge >= 0.3 is 6.01 Å². The fourth-order valence-corrected chi connectivity index (χ4v) is 9.89. The van der Waals surface area contributed by atoms with Gasteiger partial charge in [-0.2, -0.15) is 9.97 Å². The monoisotopic (exact) mass is 805 g/mol. The second-order valence-corrected chi connectivity index (χ2v) is 17.0. The third-order valence-electron chi connectivity index (χ3n) is 13.2. The first-order chi connectivity index (χ1) is 28.4. The molecule has 1 saturated carbocycles. The minimum atomic E-state index is -1.07. The van der Waals surface area contributed by atoms with Crippen LogP contribution in [0.5, 0.6) is 11.8 Å². The predicted molar refractivity (Wildman–Crippen MR) is 226 cm³/mol. The Morgan fingerprint density at radius 3 is 2.78 bits per heavy atom. The van der Waals surface area contributed by atoms with E-state index in [1.54, 1.807) is 29.3 Å². The van der Waals surface area contributed by atoms with Gasteiger partial charge in [-0.15, -0.1) is 6.42 Å². The first kappa shape index (κ1) is 40.3. The van der Waals surface area contributed by atoms with Crippen LogP contribution in [0.15, 0.2) is 55.3 Å². The molecule has 1 amide bonds. The quantitative estimate of drug-likeness (QED) is 0.120. The van der Waals surface area contributed by atoms with Gasteiger partial charge in [0.2, 0.25) is 5.91 Å². The van der Waals surface area contributed by atoms with E-state index in [-0.39, 0.29) is 54.8 Å². The van der Waals surface area contributed by atoms with Crippen molar-refractivity contribution in [2.24, 2.45) is 0 Å². The van der Waals surface area contributed by atoms with Crippen molar-refractivity contribution in [2.75, 3.05) is 61.6 Å². The summed E-state index contributed by atoms with van der Waals surface area (Å²) in [7, 11) is 1.83. The second kappa shape index (κ2) is 16.3. The Bertz CT molecular complexity index is 2280. The molecule has 4 aliphatic rings. The minimum absolute atomic E-state index is 0.0722. The second-order valence-electron chi connectivity index (χ2n) is 17.0. The Kier molecular flexibility index (Phi) is 11.1. The maximum Gasteiger partial charge on any atom is 0.318 e. The van der Waals surface area contributed by atoms with Gasteiger partial charge in [-0.05, 0) is 99.2 Å². The normalized spacial score (nSPS) is 23.8. The van der Waals surface area contributed by atoms with Crippen molar-refractivity contribution in [3.8, 4) is 24.1 Å². The zero-order valence-corrected chi connectivity index (χ0v) is 34.1. The van der Waals surface area contributed by atoms with E-state index in [0.717, 1.165) is 60.6 Å². The van der Waals surface area contributed by atoms with Crippen molar-refractivity contribution in [1.82, 2.24) is 19.9 Å². The van der Waals surface area contributed by atoms with Gasteiger partial charge in [0.05, 0.1) is 60.0 Å². The number of nitrogens with zero attached hydrogens (tertiary/aromatic N) is 6. The smallest absolute Gasteiger partial charge is 0.318 e. The fourth-order valence-electron chi connectivity index (χ4n) is 9.89. The Morgan fingerprint density at radius 2 is 2.05 bits per heavy atom. The lowest BCUT2D eigenvalue weighted by atomic mass is 9.79. The highest BCUT2D eigenvalue weighted by Gasteiger charge is 2.44. The van der Waals surface area contributed by atoms with Crippen molar-refractivity contribution in [3.63, 3.8) is 0 Å². The summed E-state index contributed by atoms with van der Waals surface area (Å²) in [6.07, 6.45) is 13.6. The van der Waals surface area contributed by atoms with Gasteiger partial charge < -0.3 is 34.6 Å². The fraction of sp³-hybridized carbons (Fsp3) is 0.478. The highest BCUT2D eigenvalue weighted by atomic mass is 19.1. The van der Waals surface area contributed by atoms with E-state index in [2.05, 4.69) is 29.6 Å². The molecule has 8 rings (SSSR count). The van der Waals surface area contributed by atoms with Crippen LogP contribution in [-0.4, -0.2) is 101 Å². The number of pyridine rings is 1. The molecule has 4 atom stereocenters. The number of likely N-dealkylation sites (N-methyl/N-ethyl adjacent to an activating group) is 1. The van der Waals surface area contributed by atoms with Crippen molar-refractivity contribution in [2.45, 2.75) is 94.4 Å². The molecule has 2 aliphatic carbocycles. The number of halogens is 2. The topological polar surface area (TPSA) is 116 Å². The number of alkyl halides is 1. The summed E-state index contributed by atoms with van der Waals surface area (Å²) in [5.41, 5.74) is 2.27. The summed E-state index contributed by atoms with van der Waals surface area (Å²) < 4.78 is 42.6. The number of rotatable bonds is 11. The molecule has 0 bridgehead atoms. The number of hydrogen-bond donors (Lipinski definition) is 2. The Balaban J connectivity index is 1.11. The number of ether oxygens (including phenoxy) is 2. The Morgan fingerprint density at radius 1 is 1.24 bits per heavy atom. The van der Waals surface area contributed by atoms with Gasteiger partial charge in [0.15, 0.2) is 0 Å². The number of anilines is 3. The maximum atomic E-state index is 15.4. The van der Waals surface area contributed by atoms with Gasteiger partial charge in [-0.25, -0.2) is 13.8 Å². The summed E-state index contributed by atoms with van der Waals surface area (Å²) >= 11 is 0. The molecule has 4 heterocycles. The van der Waals surface area contributed by atoms with Crippen LogP contribution in [0.1, 0.15) is 80.7 Å². The molecular weight excluding hydrogens is 753 g/mol. The Labute approximate surface area is 344 Å². The third kappa shape index (κ3) is 7.75. The summed E-state index contributed by atoms with van der Waals surface area (Å²) in [5.74, 6) is 3.33. The zero-order valence-electron chi connectivity index (χ0n) is 34.1. The molecule has 11 nitrogen and oxygen atoms in total.